The van der Waals surface area contributed by atoms with E-state index >= 15 is 0 Å². The van der Waals surface area contributed by atoms with Gasteiger partial charge in [0.1, 0.15) is 11.5 Å². The Morgan fingerprint density at radius 1 is 1.11 bits per heavy atom. The summed E-state index contributed by atoms with van der Waals surface area (Å²) in [6.45, 7) is 3.98. The van der Waals surface area contributed by atoms with Crippen molar-refractivity contribution < 1.29 is 0 Å². The Balaban J connectivity index is 2.24. The van der Waals surface area contributed by atoms with Crippen molar-refractivity contribution >= 4 is 28.1 Å². The minimum Gasteiger partial charge on any atom is -0.383 e. The number of benzene rings is 1. The van der Waals surface area contributed by atoms with E-state index in [0.717, 1.165) is 27.2 Å². The van der Waals surface area contributed by atoms with Crippen molar-refractivity contribution in [2.24, 2.45) is 0 Å². The van der Waals surface area contributed by atoms with E-state index in [1.54, 1.807) is 11.3 Å². The van der Waals surface area contributed by atoms with Gasteiger partial charge >= 0.3 is 0 Å². The molecular formula is C13H12N4S. The molecule has 2 N–H and O–H groups in total. The van der Waals surface area contributed by atoms with E-state index in [1.165, 1.54) is 0 Å². The Hall–Kier alpha value is -2.01. The summed E-state index contributed by atoms with van der Waals surface area (Å²) in [5, 5.41) is 3.84. The van der Waals surface area contributed by atoms with Crippen LogP contribution < -0.4 is 5.73 Å². The highest BCUT2D eigenvalue weighted by molar-refractivity contribution is 7.09. The third-order valence-corrected chi connectivity index (χ3v) is 3.50. The van der Waals surface area contributed by atoms with Crippen LogP contribution in [0.3, 0.4) is 0 Å². The van der Waals surface area contributed by atoms with Crippen molar-refractivity contribution in [2.75, 3.05) is 5.73 Å². The van der Waals surface area contributed by atoms with Gasteiger partial charge in [-0.25, -0.2) is 15.0 Å². The van der Waals surface area contributed by atoms with E-state index in [2.05, 4.69) is 15.0 Å². The highest BCUT2D eigenvalue weighted by Crippen LogP contribution is 2.24. The maximum Gasteiger partial charge on any atom is 0.181 e. The van der Waals surface area contributed by atoms with Crippen molar-refractivity contribution in [3.05, 3.63) is 34.2 Å². The number of nitrogens with zero attached hydrogens (tertiary/aromatic N) is 3. The summed E-state index contributed by atoms with van der Waals surface area (Å²) in [6.07, 6.45) is 0. The molecule has 0 atom stereocenters. The molecule has 0 amide bonds. The number of anilines is 1. The number of hydrogen-bond donors (Lipinski definition) is 1. The number of fused-ring (bicyclic) bond motifs is 1. The van der Waals surface area contributed by atoms with E-state index in [-0.39, 0.29) is 0 Å². The predicted molar refractivity (Wildman–Crippen MR) is 74.5 cm³/mol. The first kappa shape index (κ1) is 11.1. The summed E-state index contributed by atoms with van der Waals surface area (Å²) >= 11 is 1.58. The molecule has 0 fully saturated rings. The van der Waals surface area contributed by atoms with E-state index in [4.69, 9.17) is 5.73 Å². The van der Waals surface area contributed by atoms with Gasteiger partial charge in [0.15, 0.2) is 5.82 Å². The molecule has 0 saturated carbocycles. The Morgan fingerprint density at radius 2 is 1.94 bits per heavy atom. The second-order valence-electron chi connectivity index (χ2n) is 4.20. The highest BCUT2D eigenvalue weighted by Gasteiger charge is 2.09. The number of rotatable bonds is 1. The van der Waals surface area contributed by atoms with Gasteiger partial charge in [0, 0.05) is 10.8 Å². The van der Waals surface area contributed by atoms with Crippen molar-refractivity contribution in [1.29, 1.82) is 0 Å². The summed E-state index contributed by atoms with van der Waals surface area (Å²) in [5.41, 5.74) is 8.78. The molecule has 4 nitrogen and oxygen atoms in total. The third kappa shape index (κ3) is 1.82. The Morgan fingerprint density at radius 3 is 2.67 bits per heavy atom. The monoisotopic (exact) mass is 256 g/mol. The molecule has 90 valence electrons. The summed E-state index contributed by atoms with van der Waals surface area (Å²) in [7, 11) is 0. The van der Waals surface area contributed by atoms with Gasteiger partial charge in [0.05, 0.1) is 10.5 Å². The lowest BCUT2D eigenvalue weighted by Gasteiger charge is -2.04. The number of hydrogen-bond acceptors (Lipinski definition) is 5. The van der Waals surface area contributed by atoms with Gasteiger partial charge in [-0.3, -0.25) is 0 Å². The zero-order chi connectivity index (χ0) is 12.7. The third-order valence-electron chi connectivity index (χ3n) is 2.73. The molecule has 3 rings (SSSR count). The molecule has 2 heterocycles. The quantitative estimate of drug-likeness (QED) is 0.727. The van der Waals surface area contributed by atoms with Gasteiger partial charge in [0.25, 0.3) is 0 Å². The lowest BCUT2D eigenvalue weighted by molar-refractivity contribution is 1.18. The fourth-order valence-corrected chi connectivity index (χ4v) is 2.44. The molecule has 5 heteroatoms. The van der Waals surface area contributed by atoms with Crippen LogP contribution in [0.2, 0.25) is 0 Å². The molecule has 0 aliphatic heterocycles. The zero-order valence-electron chi connectivity index (χ0n) is 10.1. The van der Waals surface area contributed by atoms with Crippen LogP contribution in [-0.2, 0) is 0 Å². The Bertz CT molecular complexity index is 733. The summed E-state index contributed by atoms with van der Waals surface area (Å²) < 4.78 is 0. The molecule has 0 saturated heterocycles. The van der Waals surface area contributed by atoms with E-state index in [1.807, 2.05) is 37.4 Å². The topological polar surface area (TPSA) is 64.7 Å². The van der Waals surface area contributed by atoms with E-state index < -0.39 is 0 Å². The van der Waals surface area contributed by atoms with Crippen LogP contribution in [-0.4, -0.2) is 15.0 Å². The van der Waals surface area contributed by atoms with Crippen LogP contribution in [0.25, 0.3) is 22.4 Å². The molecule has 0 aliphatic carbocycles. The number of nitrogen functional groups attached to an aromatic ring is 1. The maximum absolute atomic E-state index is 5.99. The molecule has 18 heavy (non-hydrogen) atoms. The number of aryl methyl sites for hydroxylation is 2. The van der Waals surface area contributed by atoms with Crippen LogP contribution >= 0.6 is 11.3 Å². The summed E-state index contributed by atoms with van der Waals surface area (Å²) in [6, 6.07) is 5.98. The normalized spacial score (nSPS) is 11.0. The molecular weight excluding hydrogens is 244 g/mol. The van der Waals surface area contributed by atoms with E-state index in [9.17, 15) is 0 Å². The number of aromatic nitrogens is 3. The predicted octanol–water partition coefficient (Wildman–Crippen LogP) is 2.95. The first-order chi connectivity index (χ1) is 8.63. The average molecular weight is 256 g/mol. The smallest absolute Gasteiger partial charge is 0.181 e. The largest absolute Gasteiger partial charge is 0.383 e. The average Bonchev–Trinajstić information content (AvgIpc) is 2.77. The van der Waals surface area contributed by atoms with Gasteiger partial charge in [0.2, 0.25) is 0 Å². The van der Waals surface area contributed by atoms with Crippen LogP contribution in [0.4, 0.5) is 5.82 Å². The molecule has 0 radical (unpaired) electrons. The number of thiazole rings is 1. The summed E-state index contributed by atoms with van der Waals surface area (Å²) in [5.74, 6) is 1.09. The highest BCUT2D eigenvalue weighted by atomic mass is 32.1. The molecule has 0 bridgehead atoms. The van der Waals surface area contributed by atoms with Gasteiger partial charge in [-0.15, -0.1) is 11.3 Å². The second kappa shape index (κ2) is 4.03. The number of nitrogens with two attached hydrogens (primary N) is 1. The molecule has 1 aromatic carbocycles. The second-order valence-corrected chi connectivity index (χ2v) is 5.27. The fraction of sp³-hybridized carbons (Fsp3) is 0.154. The van der Waals surface area contributed by atoms with Crippen molar-refractivity contribution in [1.82, 2.24) is 15.0 Å². The van der Waals surface area contributed by atoms with Gasteiger partial charge in [-0.2, -0.15) is 0 Å². The first-order valence-corrected chi connectivity index (χ1v) is 6.48. The van der Waals surface area contributed by atoms with Crippen LogP contribution in [0, 0.1) is 13.8 Å². The Labute approximate surface area is 109 Å². The fourth-order valence-electron chi connectivity index (χ4n) is 1.85. The molecule has 0 aliphatic rings. The maximum atomic E-state index is 5.99. The van der Waals surface area contributed by atoms with Gasteiger partial charge in [-0.05, 0) is 26.0 Å². The molecule has 2 aromatic heterocycles. The van der Waals surface area contributed by atoms with Crippen LogP contribution in [0.1, 0.15) is 10.6 Å². The van der Waals surface area contributed by atoms with Gasteiger partial charge < -0.3 is 5.73 Å². The van der Waals surface area contributed by atoms with Gasteiger partial charge in [-0.1, -0.05) is 11.6 Å². The minimum atomic E-state index is 0.504. The lowest BCUT2D eigenvalue weighted by Crippen LogP contribution is -1.98. The standard InChI is InChI=1S/C13H12N4S/c1-7-3-4-10-9(5-7)12(14)17-13(16-10)11-6-18-8(2)15-11/h3-6H,1-2H3,(H2,14,16,17). The zero-order valence-corrected chi connectivity index (χ0v) is 11.0. The SMILES string of the molecule is Cc1ccc2nc(-c3csc(C)n3)nc(N)c2c1. The molecule has 0 spiro atoms. The van der Waals surface area contributed by atoms with E-state index in [0.29, 0.717) is 11.6 Å². The van der Waals surface area contributed by atoms with Crippen molar-refractivity contribution in [3.8, 4) is 11.5 Å². The molecule has 3 aromatic rings. The van der Waals surface area contributed by atoms with Crippen LogP contribution in [0.15, 0.2) is 23.6 Å². The van der Waals surface area contributed by atoms with Crippen LogP contribution in [0.5, 0.6) is 0 Å². The first-order valence-electron chi connectivity index (χ1n) is 5.60. The molecule has 0 unspecified atom stereocenters. The van der Waals surface area contributed by atoms with Crippen molar-refractivity contribution in [2.45, 2.75) is 13.8 Å². The van der Waals surface area contributed by atoms with Crippen molar-refractivity contribution in [3.63, 3.8) is 0 Å². The Kier molecular flexibility index (Phi) is 2.48. The summed E-state index contributed by atoms with van der Waals surface area (Å²) in [4.78, 5) is 13.2. The lowest BCUT2D eigenvalue weighted by atomic mass is 10.1. The minimum absolute atomic E-state index is 0.504.